The average Bonchev–Trinajstić information content (AvgIpc) is 2.37. The summed E-state index contributed by atoms with van der Waals surface area (Å²) in [7, 11) is 0. The Kier molecular flexibility index (Phi) is 5.77. The van der Waals surface area contributed by atoms with E-state index in [1.807, 2.05) is 13.8 Å². The second-order valence-electron chi connectivity index (χ2n) is 5.15. The molecule has 1 rings (SSSR count). The van der Waals surface area contributed by atoms with Crippen LogP contribution in [0.1, 0.15) is 20.8 Å². The Balaban J connectivity index is 2.42. The summed E-state index contributed by atoms with van der Waals surface area (Å²) in [5.74, 6) is -0.593. The molecule has 0 aliphatic rings. The Bertz CT molecular complexity index is 477. The molecule has 20 heavy (non-hydrogen) atoms. The molecule has 0 bridgehead atoms. The van der Waals surface area contributed by atoms with Crippen molar-refractivity contribution in [3.8, 4) is 5.75 Å². The molecule has 4 nitrogen and oxygen atoms in total. The van der Waals surface area contributed by atoms with Gasteiger partial charge in [-0.3, -0.25) is 4.79 Å². The number of rotatable bonds is 6. The molecule has 0 radical (unpaired) electrons. The topological polar surface area (TPSA) is 58.6 Å². The third-order valence-electron chi connectivity index (χ3n) is 3.15. The van der Waals surface area contributed by atoms with Crippen molar-refractivity contribution in [3.05, 3.63) is 29.0 Å². The quantitative estimate of drug-likeness (QED) is 0.848. The van der Waals surface area contributed by atoms with Gasteiger partial charge in [0.05, 0.1) is 10.6 Å². The predicted octanol–water partition coefficient (Wildman–Crippen LogP) is 2.38. The molecule has 0 aliphatic heterocycles. The number of nitrogens with one attached hydrogen (secondary N) is 1. The Morgan fingerprint density at radius 1 is 1.55 bits per heavy atom. The van der Waals surface area contributed by atoms with Gasteiger partial charge in [0.15, 0.2) is 6.61 Å². The van der Waals surface area contributed by atoms with Crippen LogP contribution in [0.4, 0.5) is 4.39 Å². The zero-order chi connectivity index (χ0) is 15.3. The fraction of sp³-hybridized carbons (Fsp3) is 0.500. The van der Waals surface area contributed by atoms with E-state index in [1.54, 1.807) is 6.92 Å². The van der Waals surface area contributed by atoms with E-state index in [1.165, 1.54) is 18.2 Å². The smallest absolute Gasteiger partial charge is 0.258 e. The largest absolute Gasteiger partial charge is 0.484 e. The van der Waals surface area contributed by atoms with Crippen LogP contribution in [0.15, 0.2) is 18.2 Å². The fourth-order valence-corrected chi connectivity index (χ4v) is 1.42. The van der Waals surface area contributed by atoms with Crippen LogP contribution in [0.2, 0.25) is 5.02 Å². The molecule has 112 valence electrons. The number of hydrogen-bond acceptors (Lipinski definition) is 3. The number of aliphatic hydroxyl groups is 1. The Labute approximate surface area is 122 Å². The van der Waals surface area contributed by atoms with E-state index in [-0.39, 0.29) is 30.0 Å². The monoisotopic (exact) mass is 303 g/mol. The van der Waals surface area contributed by atoms with E-state index in [4.69, 9.17) is 16.3 Å². The van der Waals surface area contributed by atoms with Crippen molar-refractivity contribution in [1.29, 1.82) is 0 Å². The van der Waals surface area contributed by atoms with Crippen LogP contribution in [-0.4, -0.2) is 29.8 Å². The molecule has 0 fully saturated rings. The highest BCUT2D eigenvalue weighted by molar-refractivity contribution is 6.30. The summed E-state index contributed by atoms with van der Waals surface area (Å²) in [5, 5.41) is 12.5. The molecular weight excluding hydrogens is 285 g/mol. The standard InChI is InChI=1S/C14H19ClFNO3/c1-9(2)14(3,19)8-17-13(18)7-20-10-4-5-12(16)11(15)6-10/h4-6,9,19H,7-8H2,1-3H3,(H,17,18). The molecule has 1 amide bonds. The molecule has 0 saturated carbocycles. The Morgan fingerprint density at radius 3 is 2.75 bits per heavy atom. The minimum atomic E-state index is -0.977. The van der Waals surface area contributed by atoms with Gasteiger partial charge in [-0.25, -0.2) is 4.39 Å². The van der Waals surface area contributed by atoms with Crippen LogP contribution in [-0.2, 0) is 4.79 Å². The second-order valence-corrected chi connectivity index (χ2v) is 5.56. The maximum atomic E-state index is 12.9. The minimum Gasteiger partial charge on any atom is -0.484 e. The molecule has 0 spiro atoms. The van der Waals surface area contributed by atoms with E-state index in [2.05, 4.69) is 5.32 Å². The van der Waals surface area contributed by atoms with Gasteiger partial charge in [-0.1, -0.05) is 25.4 Å². The number of halogens is 2. The minimum absolute atomic E-state index is 0.0135. The van der Waals surface area contributed by atoms with Crippen LogP contribution in [0.25, 0.3) is 0 Å². The van der Waals surface area contributed by atoms with Crippen molar-refractivity contribution < 1.29 is 19.0 Å². The van der Waals surface area contributed by atoms with Crippen LogP contribution >= 0.6 is 11.6 Å². The van der Waals surface area contributed by atoms with Gasteiger partial charge in [0.2, 0.25) is 0 Å². The first-order chi connectivity index (χ1) is 9.22. The highest BCUT2D eigenvalue weighted by atomic mass is 35.5. The SMILES string of the molecule is CC(C)C(C)(O)CNC(=O)COc1ccc(F)c(Cl)c1. The summed E-state index contributed by atoms with van der Waals surface area (Å²) in [4.78, 5) is 11.6. The van der Waals surface area contributed by atoms with Crippen molar-refractivity contribution in [3.63, 3.8) is 0 Å². The van der Waals surface area contributed by atoms with Gasteiger partial charge in [-0.05, 0) is 25.0 Å². The third-order valence-corrected chi connectivity index (χ3v) is 3.44. The van der Waals surface area contributed by atoms with Crippen LogP contribution in [0.3, 0.4) is 0 Å². The first kappa shape index (κ1) is 16.7. The molecular formula is C14H19ClFNO3. The maximum absolute atomic E-state index is 12.9. The summed E-state index contributed by atoms with van der Waals surface area (Å²) in [6.45, 7) is 5.29. The predicted molar refractivity (Wildman–Crippen MR) is 75.4 cm³/mol. The zero-order valence-electron chi connectivity index (χ0n) is 11.7. The van der Waals surface area contributed by atoms with E-state index in [0.29, 0.717) is 5.75 Å². The summed E-state index contributed by atoms with van der Waals surface area (Å²) >= 11 is 5.60. The zero-order valence-corrected chi connectivity index (χ0v) is 12.5. The van der Waals surface area contributed by atoms with Gasteiger partial charge in [0.1, 0.15) is 11.6 Å². The van der Waals surface area contributed by atoms with E-state index >= 15 is 0 Å². The molecule has 0 aromatic heterocycles. The van der Waals surface area contributed by atoms with Gasteiger partial charge in [-0.15, -0.1) is 0 Å². The van der Waals surface area contributed by atoms with Gasteiger partial charge < -0.3 is 15.2 Å². The Morgan fingerprint density at radius 2 is 2.20 bits per heavy atom. The van der Waals surface area contributed by atoms with E-state index < -0.39 is 11.4 Å². The van der Waals surface area contributed by atoms with Gasteiger partial charge in [-0.2, -0.15) is 0 Å². The maximum Gasteiger partial charge on any atom is 0.258 e. The van der Waals surface area contributed by atoms with Crippen LogP contribution < -0.4 is 10.1 Å². The fourth-order valence-electron chi connectivity index (χ4n) is 1.25. The first-order valence-electron chi connectivity index (χ1n) is 6.29. The lowest BCUT2D eigenvalue weighted by molar-refractivity contribution is -0.124. The molecule has 1 aromatic carbocycles. The molecule has 1 aromatic rings. The molecule has 1 unspecified atom stereocenters. The average molecular weight is 304 g/mol. The number of hydrogen-bond donors (Lipinski definition) is 2. The van der Waals surface area contributed by atoms with E-state index in [0.717, 1.165) is 0 Å². The lowest BCUT2D eigenvalue weighted by Crippen LogP contribution is -2.45. The van der Waals surface area contributed by atoms with Gasteiger partial charge in [0, 0.05) is 12.6 Å². The summed E-state index contributed by atoms with van der Waals surface area (Å²) in [6, 6.07) is 3.85. The molecule has 0 aliphatic carbocycles. The molecule has 6 heteroatoms. The van der Waals surface area contributed by atoms with Gasteiger partial charge >= 0.3 is 0 Å². The highest BCUT2D eigenvalue weighted by Crippen LogP contribution is 2.21. The van der Waals surface area contributed by atoms with Crippen molar-refractivity contribution in [2.45, 2.75) is 26.4 Å². The lowest BCUT2D eigenvalue weighted by Gasteiger charge is -2.27. The number of amides is 1. The third kappa shape index (κ3) is 4.98. The summed E-state index contributed by atoms with van der Waals surface area (Å²) in [5.41, 5.74) is -0.977. The van der Waals surface area contributed by atoms with Crippen molar-refractivity contribution in [2.75, 3.05) is 13.2 Å². The Hall–Kier alpha value is -1.33. The van der Waals surface area contributed by atoms with Crippen LogP contribution in [0.5, 0.6) is 5.75 Å². The van der Waals surface area contributed by atoms with Crippen LogP contribution in [0, 0.1) is 11.7 Å². The number of benzene rings is 1. The first-order valence-corrected chi connectivity index (χ1v) is 6.67. The van der Waals surface area contributed by atoms with Crippen molar-refractivity contribution in [1.82, 2.24) is 5.32 Å². The molecule has 2 N–H and O–H groups in total. The molecule has 0 saturated heterocycles. The van der Waals surface area contributed by atoms with Crippen molar-refractivity contribution >= 4 is 17.5 Å². The number of ether oxygens (including phenoxy) is 1. The normalized spacial score (nSPS) is 13.9. The molecule has 1 atom stereocenters. The van der Waals surface area contributed by atoms with E-state index in [9.17, 15) is 14.3 Å². The number of carbonyl (C=O) groups is 1. The summed E-state index contributed by atoms with van der Waals surface area (Å²) in [6.07, 6.45) is 0. The highest BCUT2D eigenvalue weighted by Gasteiger charge is 2.25. The molecule has 0 heterocycles. The van der Waals surface area contributed by atoms with Gasteiger partial charge in [0.25, 0.3) is 5.91 Å². The number of carbonyl (C=O) groups excluding carboxylic acids is 1. The second kappa shape index (κ2) is 6.90. The lowest BCUT2D eigenvalue weighted by atomic mass is 9.93. The van der Waals surface area contributed by atoms with Crippen molar-refractivity contribution in [2.24, 2.45) is 5.92 Å². The summed E-state index contributed by atoms with van der Waals surface area (Å²) < 4.78 is 18.1.